The van der Waals surface area contributed by atoms with Crippen LogP contribution in [0.25, 0.3) is 0 Å². The van der Waals surface area contributed by atoms with Crippen LogP contribution >= 0.6 is 0 Å². The van der Waals surface area contributed by atoms with Crippen LogP contribution in [-0.4, -0.2) is 64.2 Å². The van der Waals surface area contributed by atoms with E-state index in [0.29, 0.717) is 5.69 Å². The van der Waals surface area contributed by atoms with E-state index in [0.717, 1.165) is 15.4 Å². The van der Waals surface area contributed by atoms with Crippen molar-refractivity contribution < 1.29 is 23.1 Å². The minimum absolute atomic E-state index is 0.00231. The number of aliphatic carboxylic acids is 1. The molecule has 2 N–H and O–H groups in total. The number of likely N-dealkylation sites (N-methyl/N-ethyl adjacent to an activating group) is 1. The summed E-state index contributed by atoms with van der Waals surface area (Å²) >= 11 is 0. The molecule has 9 nitrogen and oxygen atoms in total. The van der Waals surface area contributed by atoms with Crippen molar-refractivity contribution >= 4 is 21.9 Å². The minimum atomic E-state index is -3.93. The highest BCUT2D eigenvalue weighted by Crippen LogP contribution is 2.18. The lowest BCUT2D eigenvalue weighted by Gasteiger charge is -2.30. The van der Waals surface area contributed by atoms with Crippen LogP contribution in [0.2, 0.25) is 0 Å². The van der Waals surface area contributed by atoms with Gasteiger partial charge in [0, 0.05) is 31.9 Å². The van der Waals surface area contributed by atoms with Crippen molar-refractivity contribution in [2.24, 2.45) is 0 Å². The fraction of sp³-hybridized carbons (Fsp3) is 0.261. The maximum Gasteiger partial charge on any atom is 0.326 e. The number of aromatic amines is 1. The van der Waals surface area contributed by atoms with Gasteiger partial charge >= 0.3 is 5.97 Å². The molecular weight excluding hydrogens is 444 g/mol. The van der Waals surface area contributed by atoms with Crippen molar-refractivity contribution in [2.45, 2.75) is 30.8 Å². The summed E-state index contributed by atoms with van der Waals surface area (Å²) in [5, 5.41) is 9.91. The summed E-state index contributed by atoms with van der Waals surface area (Å²) in [7, 11) is -2.63. The Morgan fingerprint density at radius 3 is 2.33 bits per heavy atom. The lowest BCUT2D eigenvalue weighted by Crippen LogP contribution is -2.49. The van der Waals surface area contributed by atoms with Crippen LogP contribution in [0.5, 0.6) is 0 Å². The van der Waals surface area contributed by atoms with E-state index in [1.54, 1.807) is 36.4 Å². The summed E-state index contributed by atoms with van der Waals surface area (Å²) in [5.74, 6) is -1.82. The average molecular weight is 471 g/mol. The zero-order chi connectivity index (χ0) is 24.0. The Kier molecular flexibility index (Phi) is 7.62. The molecule has 10 heteroatoms. The molecule has 2 aromatic carbocycles. The Bertz CT molecular complexity index is 1180. The number of aryl methyl sites for hydroxylation is 1. The fourth-order valence-corrected chi connectivity index (χ4v) is 4.46. The number of sulfonamides is 1. The van der Waals surface area contributed by atoms with Gasteiger partial charge in [-0.2, -0.15) is 4.31 Å². The van der Waals surface area contributed by atoms with Gasteiger partial charge in [0.25, 0.3) is 0 Å². The van der Waals surface area contributed by atoms with Gasteiger partial charge in [-0.1, -0.05) is 48.0 Å². The monoisotopic (exact) mass is 470 g/mol. The number of amides is 1. The molecule has 1 amide bonds. The first-order valence-corrected chi connectivity index (χ1v) is 11.7. The van der Waals surface area contributed by atoms with Gasteiger partial charge in [-0.25, -0.2) is 18.2 Å². The van der Waals surface area contributed by atoms with Crippen LogP contribution in [0.1, 0.15) is 16.8 Å². The van der Waals surface area contributed by atoms with Crippen molar-refractivity contribution in [3.63, 3.8) is 0 Å². The Balaban J connectivity index is 1.87. The average Bonchev–Trinajstić information content (AvgIpc) is 3.30. The van der Waals surface area contributed by atoms with Crippen molar-refractivity contribution in [1.82, 2.24) is 19.2 Å². The number of benzene rings is 2. The topological polar surface area (TPSA) is 124 Å². The molecule has 3 rings (SSSR count). The smallest absolute Gasteiger partial charge is 0.326 e. The molecule has 0 saturated carbocycles. The van der Waals surface area contributed by atoms with Crippen LogP contribution in [-0.2, 0) is 32.6 Å². The largest absolute Gasteiger partial charge is 0.480 e. The molecule has 0 aliphatic rings. The molecular formula is C23H26N4O5S. The molecule has 1 atom stereocenters. The van der Waals surface area contributed by atoms with Gasteiger partial charge < -0.3 is 15.0 Å². The lowest BCUT2D eigenvalue weighted by atomic mass is 10.1. The first kappa shape index (κ1) is 24.1. The van der Waals surface area contributed by atoms with Crippen molar-refractivity contribution in [1.29, 1.82) is 0 Å². The Labute approximate surface area is 192 Å². The Morgan fingerprint density at radius 2 is 1.76 bits per heavy atom. The first-order valence-electron chi connectivity index (χ1n) is 10.2. The summed E-state index contributed by atoms with van der Waals surface area (Å²) in [4.78, 5) is 33.4. The second-order valence-corrected chi connectivity index (χ2v) is 9.76. The molecule has 33 heavy (non-hydrogen) atoms. The van der Waals surface area contributed by atoms with Gasteiger partial charge in [-0.3, -0.25) is 4.79 Å². The van der Waals surface area contributed by atoms with Crippen LogP contribution < -0.4 is 0 Å². The SMILES string of the molecule is Cc1ccc(S(=O)(=O)N(C)CC(=O)N(Cc2ccccc2)[C@@H](Cc2cnc[nH]2)C(=O)O)cc1. The number of carboxylic acid groups (broad SMARTS) is 1. The number of carbonyl (C=O) groups excluding carboxylic acids is 1. The number of aromatic nitrogens is 2. The molecule has 1 heterocycles. The summed E-state index contributed by atoms with van der Waals surface area (Å²) in [6.45, 7) is 1.36. The number of H-pyrrole nitrogens is 1. The van der Waals surface area contributed by atoms with Crippen molar-refractivity contribution in [3.8, 4) is 0 Å². The molecule has 0 bridgehead atoms. The number of hydrogen-bond donors (Lipinski definition) is 2. The van der Waals surface area contributed by atoms with Crippen molar-refractivity contribution in [3.05, 3.63) is 83.9 Å². The molecule has 0 aliphatic carbocycles. The lowest BCUT2D eigenvalue weighted by molar-refractivity contribution is -0.150. The third-order valence-electron chi connectivity index (χ3n) is 5.23. The molecule has 1 aromatic heterocycles. The third-order valence-corrected chi connectivity index (χ3v) is 7.05. The zero-order valence-corrected chi connectivity index (χ0v) is 19.2. The zero-order valence-electron chi connectivity index (χ0n) is 18.4. The van der Waals surface area contributed by atoms with Gasteiger partial charge in [-0.05, 0) is 24.6 Å². The molecule has 0 saturated heterocycles. The maximum atomic E-state index is 13.3. The standard InChI is InChI=1S/C23H26N4O5S/c1-17-8-10-20(11-9-17)33(31,32)26(2)15-22(28)27(14-18-6-4-3-5-7-18)21(23(29)30)12-19-13-24-16-25-19/h3-11,13,16,21H,12,14-15H2,1-2H3,(H,24,25)(H,29,30)/t21-/m0/s1. The fourth-order valence-electron chi connectivity index (χ4n) is 3.34. The molecule has 3 aromatic rings. The predicted octanol–water partition coefficient (Wildman–Crippen LogP) is 2.06. The van der Waals surface area contributed by atoms with E-state index in [-0.39, 0.29) is 17.9 Å². The summed E-state index contributed by atoms with van der Waals surface area (Å²) < 4.78 is 26.8. The Hall–Kier alpha value is -3.50. The summed E-state index contributed by atoms with van der Waals surface area (Å²) in [6.07, 6.45) is 2.93. The summed E-state index contributed by atoms with van der Waals surface area (Å²) in [5.41, 5.74) is 2.18. The van der Waals surface area contributed by atoms with Crippen LogP contribution in [0, 0.1) is 6.92 Å². The molecule has 0 spiro atoms. The number of nitrogens with one attached hydrogen (secondary N) is 1. The van der Waals surface area contributed by atoms with E-state index >= 15 is 0 Å². The summed E-state index contributed by atoms with van der Waals surface area (Å²) in [6, 6.07) is 14.0. The highest BCUT2D eigenvalue weighted by Gasteiger charge is 2.33. The minimum Gasteiger partial charge on any atom is -0.480 e. The number of imidazole rings is 1. The predicted molar refractivity (Wildman–Crippen MR) is 122 cm³/mol. The molecule has 0 aliphatic heterocycles. The van der Waals surface area contributed by atoms with Gasteiger partial charge in [0.1, 0.15) is 6.04 Å². The van der Waals surface area contributed by atoms with Gasteiger partial charge in [0.15, 0.2) is 0 Å². The molecule has 174 valence electrons. The number of carbonyl (C=O) groups is 2. The normalized spacial score (nSPS) is 12.5. The van der Waals surface area contributed by atoms with E-state index < -0.39 is 34.5 Å². The maximum absolute atomic E-state index is 13.3. The second-order valence-electron chi connectivity index (χ2n) is 7.72. The van der Waals surface area contributed by atoms with E-state index in [2.05, 4.69) is 9.97 Å². The first-order chi connectivity index (χ1) is 15.7. The van der Waals surface area contributed by atoms with E-state index in [9.17, 15) is 23.1 Å². The Morgan fingerprint density at radius 1 is 1.09 bits per heavy atom. The van der Waals surface area contributed by atoms with Crippen molar-refractivity contribution in [2.75, 3.05) is 13.6 Å². The van der Waals surface area contributed by atoms with E-state index in [1.165, 1.54) is 36.6 Å². The number of rotatable bonds is 10. The molecule has 0 fully saturated rings. The van der Waals surface area contributed by atoms with Gasteiger partial charge in [0.05, 0.1) is 17.8 Å². The number of hydrogen-bond acceptors (Lipinski definition) is 5. The number of carboxylic acids is 1. The van der Waals surface area contributed by atoms with Crippen LogP contribution in [0.3, 0.4) is 0 Å². The number of nitrogens with zero attached hydrogens (tertiary/aromatic N) is 3. The van der Waals surface area contributed by atoms with Crippen LogP contribution in [0.15, 0.2) is 72.0 Å². The van der Waals surface area contributed by atoms with Crippen LogP contribution in [0.4, 0.5) is 0 Å². The quantitative estimate of drug-likeness (QED) is 0.468. The van der Waals surface area contributed by atoms with E-state index in [1.807, 2.05) is 13.0 Å². The second kappa shape index (κ2) is 10.4. The molecule has 0 unspecified atom stereocenters. The third kappa shape index (κ3) is 6.05. The molecule has 0 radical (unpaired) electrons. The van der Waals surface area contributed by atoms with Gasteiger partial charge in [0.2, 0.25) is 15.9 Å². The highest BCUT2D eigenvalue weighted by atomic mass is 32.2. The highest BCUT2D eigenvalue weighted by molar-refractivity contribution is 7.89. The van der Waals surface area contributed by atoms with E-state index in [4.69, 9.17) is 0 Å². The van der Waals surface area contributed by atoms with Gasteiger partial charge in [-0.15, -0.1) is 0 Å².